The molecule has 0 spiro atoms. The largest absolute Gasteiger partial charge is 0.366 e. The van der Waals surface area contributed by atoms with Gasteiger partial charge >= 0.3 is 0 Å². The quantitative estimate of drug-likeness (QED) is 0.745. The molecule has 5 heteroatoms. The zero-order chi connectivity index (χ0) is 18.1. The van der Waals surface area contributed by atoms with Crippen molar-refractivity contribution >= 4 is 22.7 Å². The van der Waals surface area contributed by atoms with Gasteiger partial charge in [-0.3, -0.25) is 14.6 Å². The summed E-state index contributed by atoms with van der Waals surface area (Å²) in [6, 6.07) is 16.6. The van der Waals surface area contributed by atoms with E-state index < -0.39 is 5.91 Å². The number of rotatable bonds is 5. The Balaban J connectivity index is 1.60. The number of aromatic nitrogens is 1. The van der Waals surface area contributed by atoms with Gasteiger partial charge in [0.05, 0.1) is 11.1 Å². The second kappa shape index (κ2) is 6.59. The van der Waals surface area contributed by atoms with Crippen LogP contribution in [-0.4, -0.2) is 16.8 Å². The van der Waals surface area contributed by atoms with E-state index in [9.17, 15) is 9.59 Å². The second-order valence-corrected chi connectivity index (χ2v) is 6.63. The van der Waals surface area contributed by atoms with Crippen molar-refractivity contribution in [3.05, 3.63) is 77.0 Å². The highest BCUT2D eigenvalue weighted by molar-refractivity contribution is 6.06. The van der Waals surface area contributed by atoms with Gasteiger partial charge < -0.3 is 11.1 Å². The molecule has 0 unspecified atom stereocenters. The van der Waals surface area contributed by atoms with Crippen LogP contribution in [-0.2, 0) is 6.54 Å². The predicted molar refractivity (Wildman–Crippen MR) is 99.8 cm³/mol. The van der Waals surface area contributed by atoms with E-state index in [1.807, 2.05) is 36.4 Å². The maximum Gasteiger partial charge on any atom is 0.252 e. The number of amides is 2. The van der Waals surface area contributed by atoms with E-state index in [2.05, 4.69) is 5.32 Å². The number of hydrogen-bond acceptors (Lipinski definition) is 3. The highest BCUT2D eigenvalue weighted by atomic mass is 16.2. The van der Waals surface area contributed by atoms with Crippen molar-refractivity contribution in [2.75, 3.05) is 0 Å². The van der Waals surface area contributed by atoms with Gasteiger partial charge in [-0.15, -0.1) is 0 Å². The van der Waals surface area contributed by atoms with E-state index >= 15 is 0 Å². The van der Waals surface area contributed by atoms with Crippen LogP contribution in [0.25, 0.3) is 10.9 Å². The van der Waals surface area contributed by atoms with Gasteiger partial charge in [0.1, 0.15) is 0 Å². The molecular weight excluding hydrogens is 326 g/mol. The number of pyridine rings is 1. The van der Waals surface area contributed by atoms with Gasteiger partial charge in [-0.1, -0.05) is 30.3 Å². The topological polar surface area (TPSA) is 85.1 Å². The smallest absolute Gasteiger partial charge is 0.252 e. The zero-order valence-electron chi connectivity index (χ0n) is 14.2. The first kappa shape index (κ1) is 16.3. The van der Waals surface area contributed by atoms with E-state index in [1.165, 1.54) is 0 Å². The van der Waals surface area contributed by atoms with Crippen LogP contribution in [0.5, 0.6) is 0 Å². The Bertz CT molecular complexity index is 1010. The van der Waals surface area contributed by atoms with Crippen LogP contribution in [0.3, 0.4) is 0 Å². The predicted octanol–water partition coefficient (Wildman–Crippen LogP) is 3.14. The third-order valence-electron chi connectivity index (χ3n) is 4.64. The molecule has 1 fully saturated rings. The van der Waals surface area contributed by atoms with Gasteiger partial charge in [-0.25, -0.2) is 0 Å². The highest BCUT2D eigenvalue weighted by Crippen LogP contribution is 2.40. The zero-order valence-corrected chi connectivity index (χ0v) is 14.2. The van der Waals surface area contributed by atoms with Crippen LogP contribution in [0.1, 0.15) is 50.7 Å². The lowest BCUT2D eigenvalue weighted by Crippen LogP contribution is -2.23. The lowest BCUT2D eigenvalue weighted by molar-refractivity contribution is 0.0951. The fraction of sp³-hybridized carbons (Fsp3) is 0.190. The number of carbonyl (C=O) groups is 2. The number of primary amides is 1. The summed E-state index contributed by atoms with van der Waals surface area (Å²) >= 11 is 0. The maximum atomic E-state index is 12.8. The number of nitrogens with two attached hydrogens (primary N) is 1. The third-order valence-corrected chi connectivity index (χ3v) is 4.64. The second-order valence-electron chi connectivity index (χ2n) is 6.63. The molecule has 1 aliphatic rings. The Labute approximate surface area is 151 Å². The van der Waals surface area contributed by atoms with Crippen LogP contribution in [0.4, 0.5) is 0 Å². The average molecular weight is 345 g/mol. The van der Waals surface area contributed by atoms with Crippen molar-refractivity contribution in [2.24, 2.45) is 5.73 Å². The van der Waals surface area contributed by atoms with Gasteiger partial charge in [0, 0.05) is 29.1 Å². The molecule has 1 heterocycles. The molecule has 0 bridgehead atoms. The number of nitrogens with zero attached hydrogens (tertiary/aromatic N) is 1. The van der Waals surface area contributed by atoms with Gasteiger partial charge in [-0.2, -0.15) is 0 Å². The summed E-state index contributed by atoms with van der Waals surface area (Å²) < 4.78 is 0. The first-order valence-corrected chi connectivity index (χ1v) is 8.68. The summed E-state index contributed by atoms with van der Waals surface area (Å²) in [5.41, 5.74) is 9.05. The molecule has 0 atom stereocenters. The summed E-state index contributed by atoms with van der Waals surface area (Å²) in [6.45, 7) is 0.329. The molecule has 0 aliphatic heterocycles. The molecule has 1 aliphatic carbocycles. The normalized spacial score (nSPS) is 13.5. The van der Waals surface area contributed by atoms with E-state index in [1.54, 1.807) is 18.2 Å². The summed E-state index contributed by atoms with van der Waals surface area (Å²) in [6.07, 6.45) is 2.26. The number of fused-ring (bicyclic) bond motifs is 1. The van der Waals surface area contributed by atoms with Crippen molar-refractivity contribution in [3.8, 4) is 0 Å². The Hall–Kier alpha value is -3.21. The lowest BCUT2D eigenvalue weighted by atomic mass is 10.0. The van der Waals surface area contributed by atoms with Crippen molar-refractivity contribution in [2.45, 2.75) is 25.3 Å². The van der Waals surface area contributed by atoms with E-state index in [-0.39, 0.29) is 5.91 Å². The van der Waals surface area contributed by atoms with Crippen LogP contribution >= 0.6 is 0 Å². The molecule has 1 saturated carbocycles. The number of benzene rings is 2. The van der Waals surface area contributed by atoms with Crippen molar-refractivity contribution < 1.29 is 9.59 Å². The molecule has 5 nitrogen and oxygen atoms in total. The Morgan fingerprint density at radius 2 is 1.88 bits per heavy atom. The molecule has 130 valence electrons. The molecule has 3 N–H and O–H groups in total. The monoisotopic (exact) mass is 345 g/mol. The van der Waals surface area contributed by atoms with E-state index in [0.717, 1.165) is 35.0 Å². The molecule has 4 rings (SSSR count). The van der Waals surface area contributed by atoms with Crippen LogP contribution in [0, 0.1) is 0 Å². The molecule has 2 amide bonds. The molecule has 26 heavy (non-hydrogen) atoms. The fourth-order valence-corrected chi connectivity index (χ4v) is 3.08. The van der Waals surface area contributed by atoms with Gasteiger partial charge in [0.25, 0.3) is 5.91 Å². The summed E-state index contributed by atoms with van der Waals surface area (Å²) in [4.78, 5) is 28.8. The fourth-order valence-electron chi connectivity index (χ4n) is 3.08. The van der Waals surface area contributed by atoms with Crippen molar-refractivity contribution in [1.29, 1.82) is 0 Å². The third kappa shape index (κ3) is 3.28. The van der Waals surface area contributed by atoms with Crippen LogP contribution in [0.15, 0.2) is 54.6 Å². The van der Waals surface area contributed by atoms with E-state index in [4.69, 9.17) is 10.7 Å². The minimum Gasteiger partial charge on any atom is -0.366 e. The van der Waals surface area contributed by atoms with Crippen molar-refractivity contribution in [3.63, 3.8) is 0 Å². The van der Waals surface area contributed by atoms with E-state index in [0.29, 0.717) is 23.6 Å². The summed E-state index contributed by atoms with van der Waals surface area (Å²) in [5.74, 6) is -0.152. The first-order chi connectivity index (χ1) is 12.6. The van der Waals surface area contributed by atoms with Gasteiger partial charge in [-0.05, 0) is 42.7 Å². The van der Waals surface area contributed by atoms with Gasteiger partial charge in [0.2, 0.25) is 5.91 Å². The van der Waals surface area contributed by atoms with Gasteiger partial charge in [0.15, 0.2) is 0 Å². The number of para-hydroxylation sites is 1. The minimum atomic E-state index is -0.479. The molecule has 0 saturated heterocycles. The maximum absolute atomic E-state index is 12.8. The lowest BCUT2D eigenvalue weighted by Gasteiger charge is -2.10. The molecule has 0 radical (unpaired) electrons. The number of hydrogen-bond donors (Lipinski definition) is 2. The van der Waals surface area contributed by atoms with Crippen LogP contribution in [0.2, 0.25) is 0 Å². The Morgan fingerprint density at radius 1 is 1.08 bits per heavy atom. The molecule has 3 aromatic rings. The molecule has 1 aromatic heterocycles. The molecular formula is C21H19N3O2. The summed E-state index contributed by atoms with van der Waals surface area (Å²) in [5, 5.41) is 3.79. The standard InChI is InChI=1S/C21H19N3O2/c22-20(25)15-5-3-4-13(10-15)12-23-21(26)17-11-19(14-8-9-14)24-18-7-2-1-6-16(17)18/h1-7,10-11,14H,8-9,12H2,(H2,22,25)(H,23,26). The number of nitrogens with one attached hydrogen (secondary N) is 1. The Morgan fingerprint density at radius 3 is 2.65 bits per heavy atom. The SMILES string of the molecule is NC(=O)c1cccc(CNC(=O)c2cc(C3CC3)nc3ccccc23)c1. The number of carbonyl (C=O) groups excluding carboxylic acids is 2. The van der Waals surface area contributed by atoms with Crippen LogP contribution < -0.4 is 11.1 Å². The Kier molecular flexibility index (Phi) is 4.13. The van der Waals surface area contributed by atoms with Crippen molar-refractivity contribution in [1.82, 2.24) is 10.3 Å². The molecule has 2 aromatic carbocycles. The average Bonchev–Trinajstić information content (AvgIpc) is 3.50. The highest BCUT2D eigenvalue weighted by Gasteiger charge is 2.26. The minimum absolute atomic E-state index is 0.144. The summed E-state index contributed by atoms with van der Waals surface area (Å²) in [7, 11) is 0. The first-order valence-electron chi connectivity index (χ1n) is 8.68.